The van der Waals surface area contributed by atoms with Crippen molar-refractivity contribution in [3.8, 4) is 0 Å². The molecule has 0 spiro atoms. The van der Waals surface area contributed by atoms with Gasteiger partial charge in [0.1, 0.15) is 5.60 Å². The zero-order chi connectivity index (χ0) is 17.3. The molecule has 0 saturated heterocycles. The first-order valence-electron chi connectivity index (χ1n) is 7.90. The van der Waals surface area contributed by atoms with Crippen LogP contribution >= 0.6 is 0 Å². The summed E-state index contributed by atoms with van der Waals surface area (Å²) >= 11 is 0. The van der Waals surface area contributed by atoms with Crippen LogP contribution in [-0.2, 0) is 17.4 Å². The Labute approximate surface area is 148 Å². The molecule has 0 bridgehead atoms. The normalized spacial score (nSPS) is 9.30. The van der Waals surface area contributed by atoms with E-state index in [4.69, 9.17) is 4.74 Å². The molecule has 0 aliphatic heterocycles. The molecule has 1 aromatic rings. The third-order valence-corrected chi connectivity index (χ3v) is 2.57. The number of allylic oxidation sites excluding steroid dienone is 4. The lowest BCUT2D eigenvalue weighted by molar-refractivity contribution is 0.0132. The van der Waals surface area contributed by atoms with E-state index in [-0.39, 0.29) is 20.5 Å². The average Bonchev–Trinajstić information content (AvgIpc) is 2.97. The molecule has 140 valence electrons. The number of hydrogen-bond acceptors (Lipinski definition) is 1. The number of rotatable bonds is 3. The molecule has 0 aliphatic rings. The van der Waals surface area contributed by atoms with E-state index < -0.39 is 0 Å². The molecule has 0 fully saturated rings. The molecule has 2 heteroatoms. The van der Waals surface area contributed by atoms with Crippen LogP contribution in [0.3, 0.4) is 0 Å². The summed E-state index contributed by atoms with van der Waals surface area (Å²) in [5.74, 6) is 0. The predicted molar refractivity (Wildman–Crippen MR) is 111 cm³/mol. The Balaban J connectivity index is -0.0000000784. The summed E-state index contributed by atoms with van der Waals surface area (Å²) < 4.78 is 7.41. The van der Waals surface area contributed by atoms with Crippen LogP contribution in [0.4, 0.5) is 0 Å². The molecule has 0 aliphatic carbocycles. The standard InChI is InChI=1S/C9H15NO.C6H10.2C2H6.2CH4/c1-9(2,11-4)8-6-5-7-10(8)3;1-3-5-6-4-2;2*1-2;;/h5-7H,1-4H3;3-6H,1-2H3;2*1-2H3;2*1H4/b;5-3-,6-4-;;;;. The summed E-state index contributed by atoms with van der Waals surface area (Å²) in [7, 11) is 3.75. The molecular formula is C21H45NO. The number of methoxy groups -OCH3 is 1. The number of hydrogen-bond donors (Lipinski definition) is 0. The second-order valence-corrected chi connectivity index (χ2v) is 4.27. The van der Waals surface area contributed by atoms with E-state index in [1.807, 2.05) is 85.2 Å². The van der Waals surface area contributed by atoms with Crippen LogP contribution in [0.15, 0.2) is 42.6 Å². The molecular weight excluding hydrogens is 282 g/mol. The highest BCUT2D eigenvalue weighted by atomic mass is 16.5. The van der Waals surface area contributed by atoms with Gasteiger partial charge in [0.15, 0.2) is 0 Å². The van der Waals surface area contributed by atoms with Crippen LogP contribution in [0.25, 0.3) is 0 Å². The third kappa shape index (κ3) is 16.9. The van der Waals surface area contributed by atoms with Crippen LogP contribution < -0.4 is 0 Å². The van der Waals surface area contributed by atoms with Gasteiger partial charge in [-0.25, -0.2) is 0 Å². The van der Waals surface area contributed by atoms with E-state index in [2.05, 4.69) is 24.5 Å². The first-order valence-corrected chi connectivity index (χ1v) is 7.90. The topological polar surface area (TPSA) is 14.2 Å². The van der Waals surface area contributed by atoms with Crippen molar-refractivity contribution in [2.75, 3.05) is 7.11 Å². The lowest BCUT2D eigenvalue weighted by Gasteiger charge is -2.23. The van der Waals surface area contributed by atoms with Crippen LogP contribution in [0, 0.1) is 0 Å². The van der Waals surface area contributed by atoms with Crippen molar-refractivity contribution in [3.63, 3.8) is 0 Å². The van der Waals surface area contributed by atoms with Crippen molar-refractivity contribution in [2.24, 2.45) is 7.05 Å². The Morgan fingerprint density at radius 1 is 0.957 bits per heavy atom. The molecule has 0 amide bonds. The van der Waals surface area contributed by atoms with Crippen molar-refractivity contribution in [3.05, 3.63) is 48.3 Å². The molecule has 23 heavy (non-hydrogen) atoms. The van der Waals surface area contributed by atoms with Gasteiger partial charge >= 0.3 is 0 Å². The Morgan fingerprint density at radius 3 is 1.57 bits per heavy atom. The first-order chi connectivity index (χ1) is 9.99. The van der Waals surface area contributed by atoms with Gasteiger partial charge in [-0.3, -0.25) is 0 Å². The quantitative estimate of drug-likeness (QED) is 0.528. The molecule has 0 N–H and O–H groups in total. The minimum atomic E-state index is -0.182. The summed E-state index contributed by atoms with van der Waals surface area (Å²) in [5.41, 5.74) is 1.01. The molecule has 1 rings (SSSR count). The SMILES string of the molecule is C.C.C/C=C\C=C/C.CC.CC.COC(C)(C)c1cccn1C. The van der Waals surface area contributed by atoms with Crippen molar-refractivity contribution in [1.82, 2.24) is 4.57 Å². The molecule has 1 aromatic heterocycles. The molecule has 2 nitrogen and oxygen atoms in total. The molecule has 0 aromatic carbocycles. The van der Waals surface area contributed by atoms with E-state index in [0.29, 0.717) is 0 Å². The van der Waals surface area contributed by atoms with Crippen LogP contribution in [0.2, 0.25) is 0 Å². The van der Waals surface area contributed by atoms with Crippen LogP contribution in [0.1, 0.15) is 75.9 Å². The number of aromatic nitrogens is 1. The zero-order valence-electron chi connectivity index (χ0n) is 15.9. The van der Waals surface area contributed by atoms with Crippen LogP contribution in [0.5, 0.6) is 0 Å². The fourth-order valence-corrected chi connectivity index (χ4v) is 1.41. The van der Waals surface area contributed by atoms with Gasteiger partial charge in [-0.1, -0.05) is 66.9 Å². The van der Waals surface area contributed by atoms with E-state index in [1.165, 1.54) is 5.69 Å². The molecule has 0 unspecified atom stereocenters. The second kappa shape index (κ2) is 23.0. The van der Waals surface area contributed by atoms with Gasteiger partial charge < -0.3 is 9.30 Å². The fraction of sp³-hybridized carbons (Fsp3) is 0.619. The minimum Gasteiger partial charge on any atom is -0.373 e. The highest BCUT2D eigenvalue weighted by molar-refractivity contribution is 5.13. The maximum absolute atomic E-state index is 5.34. The minimum absolute atomic E-state index is 0. The second-order valence-electron chi connectivity index (χ2n) is 4.27. The first kappa shape index (κ1) is 33.4. The maximum Gasteiger partial charge on any atom is 0.102 e. The van der Waals surface area contributed by atoms with Gasteiger partial charge in [-0.05, 0) is 39.8 Å². The zero-order valence-corrected chi connectivity index (χ0v) is 15.9. The van der Waals surface area contributed by atoms with Crippen molar-refractivity contribution < 1.29 is 4.74 Å². The summed E-state index contributed by atoms with van der Waals surface area (Å²) in [6, 6.07) is 4.10. The Morgan fingerprint density at radius 2 is 1.35 bits per heavy atom. The monoisotopic (exact) mass is 327 g/mol. The fourth-order valence-electron chi connectivity index (χ4n) is 1.41. The highest BCUT2D eigenvalue weighted by Gasteiger charge is 2.21. The third-order valence-electron chi connectivity index (χ3n) is 2.57. The van der Waals surface area contributed by atoms with Crippen LogP contribution in [-0.4, -0.2) is 11.7 Å². The molecule has 0 saturated carbocycles. The summed E-state index contributed by atoms with van der Waals surface area (Å²) in [6.07, 6.45) is 10.0. The van der Waals surface area contributed by atoms with Gasteiger partial charge in [-0.2, -0.15) is 0 Å². The van der Waals surface area contributed by atoms with Gasteiger partial charge in [-0.15, -0.1) is 0 Å². The predicted octanol–water partition coefficient (Wildman–Crippen LogP) is 7.37. The smallest absolute Gasteiger partial charge is 0.102 e. The summed E-state index contributed by atoms with van der Waals surface area (Å²) in [4.78, 5) is 0. The Hall–Kier alpha value is -1.28. The molecule has 0 atom stereocenters. The largest absolute Gasteiger partial charge is 0.373 e. The van der Waals surface area contributed by atoms with E-state index in [0.717, 1.165) is 0 Å². The lowest BCUT2D eigenvalue weighted by atomic mass is 10.1. The van der Waals surface area contributed by atoms with Gasteiger partial charge in [0.2, 0.25) is 0 Å². The van der Waals surface area contributed by atoms with Crippen molar-refractivity contribution in [2.45, 2.75) is 75.8 Å². The highest BCUT2D eigenvalue weighted by Crippen LogP contribution is 2.22. The van der Waals surface area contributed by atoms with Gasteiger partial charge in [0.25, 0.3) is 0 Å². The number of ether oxygens (including phenoxy) is 1. The summed E-state index contributed by atoms with van der Waals surface area (Å²) in [6.45, 7) is 16.1. The van der Waals surface area contributed by atoms with E-state index in [1.54, 1.807) is 7.11 Å². The van der Waals surface area contributed by atoms with E-state index in [9.17, 15) is 0 Å². The van der Waals surface area contributed by atoms with Crippen molar-refractivity contribution in [1.29, 1.82) is 0 Å². The lowest BCUT2D eigenvalue weighted by Crippen LogP contribution is -2.22. The number of nitrogens with zero attached hydrogens (tertiary/aromatic N) is 1. The average molecular weight is 328 g/mol. The maximum atomic E-state index is 5.34. The molecule has 0 radical (unpaired) electrons. The Bertz CT molecular complexity index is 350. The van der Waals surface area contributed by atoms with E-state index >= 15 is 0 Å². The molecule has 1 heterocycles. The van der Waals surface area contributed by atoms with Crippen molar-refractivity contribution >= 4 is 0 Å². The Kier molecular flexibility index (Phi) is 33.3. The summed E-state index contributed by atoms with van der Waals surface area (Å²) in [5, 5.41) is 0. The number of aryl methyl sites for hydroxylation is 1. The van der Waals surface area contributed by atoms with Gasteiger partial charge in [0, 0.05) is 26.0 Å². The van der Waals surface area contributed by atoms with Gasteiger partial charge in [0.05, 0.1) is 0 Å².